The molecule has 0 radical (unpaired) electrons. The van der Waals surface area contributed by atoms with Gasteiger partial charge in [-0.2, -0.15) is 0 Å². The molecular formula is C20H25NO5. The number of carboxylic acid groups (broad SMARTS) is 1. The molecule has 3 aliphatic carbocycles. The summed E-state index contributed by atoms with van der Waals surface area (Å²) in [5, 5.41) is 32.7. The normalized spacial score (nSPS) is 34.0. The van der Waals surface area contributed by atoms with Gasteiger partial charge in [-0.15, -0.1) is 0 Å². The minimum atomic E-state index is -1.01. The summed E-state index contributed by atoms with van der Waals surface area (Å²) in [6.45, 7) is 1.85. The second-order valence-electron chi connectivity index (χ2n) is 8.16. The van der Waals surface area contributed by atoms with Gasteiger partial charge in [0.1, 0.15) is 0 Å². The van der Waals surface area contributed by atoms with Crippen LogP contribution in [0, 0.1) is 17.3 Å². The highest BCUT2D eigenvalue weighted by Gasteiger charge is 2.53. The van der Waals surface area contributed by atoms with Crippen LogP contribution in [0.5, 0.6) is 11.5 Å². The van der Waals surface area contributed by atoms with Crippen LogP contribution >= 0.6 is 0 Å². The standard InChI is InChI=1S/C20H25NO5/c1-20-7-6-12-13(3-2-11-8-16(22)17(23)9-14(11)12)15(20)4-5-18(20)21-26-10-19(24)25/h8-9,12-13,15,22-23H,2-7,10H2,1H3,(H,24,25)/t12-,13+,15-,20-/m0/s1. The number of oxime groups is 1. The SMILES string of the molecule is C[C@]12CC[C@@H]3c4cc(O)c(O)cc4CC[C@H]3[C@@H]1CCC2=NOCC(=O)O. The van der Waals surface area contributed by atoms with E-state index in [2.05, 4.69) is 12.1 Å². The Hall–Kier alpha value is -2.24. The molecule has 1 aromatic rings. The third-order valence-electron chi connectivity index (χ3n) is 6.92. The number of phenols is 2. The lowest BCUT2D eigenvalue weighted by atomic mass is 9.55. The first-order valence-electron chi connectivity index (χ1n) is 9.36. The molecule has 0 aromatic heterocycles. The number of hydrogen-bond donors (Lipinski definition) is 3. The number of rotatable bonds is 3. The van der Waals surface area contributed by atoms with E-state index >= 15 is 0 Å². The van der Waals surface area contributed by atoms with Crippen molar-refractivity contribution in [1.82, 2.24) is 0 Å². The molecule has 1 aromatic carbocycles. The van der Waals surface area contributed by atoms with E-state index in [4.69, 9.17) is 9.94 Å². The van der Waals surface area contributed by atoms with Gasteiger partial charge in [-0.1, -0.05) is 12.1 Å². The largest absolute Gasteiger partial charge is 0.504 e. The highest BCUT2D eigenvalue weighted by molar-refractivity contribution is 5.92. The molecule has 6 nitrogen and oxygen atoms in total. The molecule has 4 rings (SSSR count). The summed E-state index contributed by atoms with van der Waals surface area (Å²) in [6.07, 6.45) is 5.89. The fourth-order valence-electron chi connectivity index (χ4n) is 5.70. The van der Waals surface area contributed by atoms with Crippen molar-refractivity contribution in [2.75, 3.05) is 6.61 Å². The van der Waals surface area contributed by atoms with Crippen LogP contribution in [0.3, 0.4) is 0 Å². The minimum Gasteiger partial charge on any atom is -0.504 e. The summed E-state index contributed by atoms with van der Waals surface area (Å²) >= 11 is 0. The molecule has 0 amide bonds. The predicted octanol–water partition coefficient (Wildman–Crippen LogP) is 3.41. The van der Waals surface area contributed by atoms with Gasteiger partial charge in [0.05, 0.1) is 5.71 Å². The van der Waals surface area contributed by atoms with Crippen LogP contribution in [0.4, 0.5) is 0 Å². The number of aromatic hydroxyl groups is 2. The van der Waals surface area contributed by atoms with Crippen molar-refractivity contribution in [3.05, 3.63) is 23.3 Å². The Morgan fingerprint density at radius 2 is 2.00 bits per heavy atom. The second-order valence-corrected chi connectivity index (χ2v) is 8.16. The van der Waals surface area contributed by atoms with Crippen molar-refractivity contribution >= 4 is 11.7 Å². The summed E-state index contributed by atoms with van der Waals surface area (Å²) in [5.74, 6) is 0.351. The van der Waals surface area contributed by atoms with Gasteiger partial charge < -0.3 is 20.2 Å². The maximum Gasteiger partial charge on any atom is 0.344 e. The van der Waals surface area contributed by atoms with Gasteiger partial charge in [0.2, 0.25) is 6.61 Å². The van der Waals surface area contributed by atoms with Gasteiger partial charge in [-0.3, -0.25) is 0 Å². The van der Waals surface area contributed by atoms with Gasteiger partial charge in [-0.05, 0) is 79.5 Å². The van der Waals surface area contributed by atoms with Crippen molar-refractivity contribution in [3.63, 3.8) is 0 Å². The van der Waals surface area contributed by atoms with E-state index in [-0.39, 0.29) is 16.9 Å². The van der Waals surface area contributed by atoms with Crippen LogP contribution in [-0.2, 0) is 16.1 Å². The number of phenolic OH excluding ortho intramolecular Hbond substituents is 2. The first-order chi connectivity index (χ1) is 12.4. The van der Waals surface area contributed by atoms with Crippen molar-refractivity contribution < 1.29 is 25.0 Å². The number of aryl methyl sites for hydroxylation is 1. The summed E-state index contributed by atoms with van der Waals surface area (Å²) in [7, 11) is 0. The summed E-state index contributed by atoms with van der Waals surface area (Å²) in [4.78, 5) is 15.7. The number of nitrogens with zero attached hydrogens (tertiary/aromatic N) is 1. The second kappa shape index (κ2) is 6.18. The smallest absolute Gasteiger partial charge is 0.344 e. The molecule has 2 fully saturated rings. The number of hydrogen-bond acceptors (Lipinski definition) is 5. The van der Waals surface area contributed by atoms with Gasteiger partial charge >= 0.3 is 5.97 Å². The van der Waals surface area contributed by atoms with Crippen LogP contribution in [0.15, 0.2) is 17.3 Å². The minimum absolute atomic E-state index is 0.0316. The molecule has 0 spiro atoms. The Kier molecular flexibility index (Phi) is 4.09. The molecular weight excluding hydrogens is 334 g/mol. The van der Waals surface area contributed by atoms with Crippen molar-refractivity contribution in [2.45, 2.75) is 51.4 Å². The van der Waals surface area contributed by atoms with E-state index < -0.39 is 12.6 Å². The molecule has 140 valence electrons. The average Bonchev–Trinajstić information content (AvgIpc) is 2.92. The highest BCUT2D eigenvalue weighted by Crippen LogP contribution is 2.60. The monoisotopic (exact) mass is 359 g/mol. The van der Waals surface area contributed by atoms with E-state index in [1.807, 2.05) is 0 Å². The van der Waals surface area contributed by atoms with Gasteiger partial charge in [-0.25, -0.2) is 4.79 Å². The number of benzene rings is 1. The van der Waals surface area contributed by atoms with Crippen LogP contribution in [-0.4, -0.2) is 33.6 Å². The number of fused-ring (bicyclic) bond motifs is 5. The highest BCUT2D eigenvalue weighted by atomic mass is 16.6. The predicted molar refractivity (Wildman–Crippen MR) is 95.4 cm³/mol. The quantitative estimate of drug-likeness (QED) is 0.567. The summed E-state index contributed by atoms with van der Waals surface area (Å²) in [5.41, 5.74) is 3.31. The van der Waals surface area contributed by atoms with Crippen LogP contribution in [0.25, 0.3) is 0 Å². The first-order valence-corrected chi connectivity index (χ1v) is 9.36. The third-order valence-corrected chi connectivity index (χ3v) is 6.92. The topological polar surface area (TPSA) is 99.4 Å². The zero-order valence-electron chi connectivity index (χ0n) is 14.9. The van der Waals surface area contributed by atoms with Gasteiger partial charge in [0.25, 0.3) is 0 Å². The molecule has 4 atom stereocenters. The lowest BCUT2D eigenvalue weighted by Gasteiger charge is -2.49. The summed E-state index contributed by atoms with van der Waals surface area (Å²) in [6, 6.07) is 3.47. The Morgan fingerprint density at radius 3 is 2.77 bits per heavy atom. The van der Waals surface area contributed by atoms with E-state index in [9.17, 15) is 15.0 Å². The van der Waals surface area contributed by atoms with Crippen molar-refractivity contribution in [2.24, 2.45) is 22.4 Å². The number of carbonyl (C=O) groups is 1. The number of aliphatic carboxylic acids is 1. The van der Waals surface area contributed by atoms with E-state index in [1.54, 1.807) is 12.1 Å². The molecule has 0 heterocycles. The first kappa shape index (κ1) is 17.2. The Balaban J connectivity index is 1.60. The molecule has 0 unspecified atom stereocenters. The van der Waals surface area contributed by atoms with E-state index in [0.717, 1.165) is 49.8 Å². The zero-order chi connectivity index (χ0) is 18.5. The number of carboxylic acids is 1. The van der Waals surface area contributed by atoms with Crippen LogP contribution in [0.2, 0.25) is 0 Å². The van der Waals surface area contributed by atoms with Crippen molar-refractivity contribution in [1.29, 1.82) is 0 Å². The van der Waals surface area contributed by atoms with Crippen molar-refractivity contribution in [3.8, 4) is 11.5 Å². The maximum atomic E-state index is 10.7. The van der Waals surface area contributed by atoms with Crippen LogP contribution < -0.4 is 0 Å². The van der Waals surface area contributed by atoms with Crippen LogP contribution in [0.1, 0.15) is 56.1 Å². The fourth-order valence-corrected chi connectivity index (χ4v) is 5.70. The Morgan fingerprint density at radius 1 is 1.23 bits per heavy atom. The van der Waals surface area contributed by atoms with E-state index in [1.165, 1.54) is 5.56 Å². The lowest BCUT2D eigenvalue weighted by molar-refractivity contribution is -0.142. The van der Waals surface area contributed by atoms with Gasteiger partial charge in [0, 0.05) is 5.41 Å². The molecule has 26 heavy (non-hydrogen) atoms. The summed E-state index contributed by atoms with van der Waals surface area (Å²) < 4.78 is 0. The fraction of sp³-hybridized carbons (Fsp3) is 0.600. The van der Waals surface area contributed by atoms with E-state index in [0.29, 0.717) is 17.8 Å². The average molecular weight is 359 g/mol. The third kappa shape index (κ3) is 2.63. The zero-order valence-corrected chi connectivity index (χ0v) is 14.9. The molecule has 0 bridgehead atoms. The Labute approximate surface area is 152 Å². The molecule has 6 heteroatoms. The maximum absolute atomic E-state index is 10.7. The molecule has 0 saturated heterocycles. The molecule has 2 saturated carbocycles. The molecule has 3 aliphatic rings. The lowest BCUT2D eigenvalue weighted by Crippen LogP contribution is -2.42. The molecule has 0 aliphatic heterocycles. The Bertz CT molecular complexity index is 774. The molecule has 3 N–H and O–H groups in total. The van der Waals surface area contributed by atoms with Gasteiger partial charge in [0.15, 0.2) is 11.5 Å².